The van der Waals surface area contributed by atoms with E-state index in [1.807, 2.05) is 0 Å². The largest absolute Gasteiger partial charge is 0.418 e. The molecule has 1 aromatic carbocycles. The Hall–Kier alpha value is -1.31. The van der Waals surface area contributed by atoms with Gasteiger partial charge in [0, 0.05) is 6.07 Å². The molecule has 90 valence electrons. The number of hydrogen-bond donors (Lipinski definition) is 1. The minimum absolute atomic E-state index is 0.253. The van der Waals surface area contributed by atoms with Gasteiger partial charge < -0.3 is 5.11 Å². The van der Waals surface area contributed by atoms with Gasteiger partial charge in [-0.2, -0.15) is 13.2 Å². The predicted octanol–water partition coefficient (Wildman–Crippen LogP) is 2.84. The summed E-state index contributed by atoms with van der Waals surface area (Å²) in [7, 11) is 0. The van der Waals surface area contributed by atoms with Crippen LogP contribution >= 0.6 is 0 Å². The molecule has 0 aromatic heterocycles. The summed E-state index contributed by atoms with van der Waals surface area (Å²) in [5.41, 5.74) is -2.09. The summed E-state index contributed by atoms with van der Waals surface area (Å²) >= 11 is 0. The monoisotopic (exact) mass is 248 g/mol. The van der Waals surface area contributed by atoms with Crippen molar-refractivity contribution in [2.24, 2.45) is 0 Å². The van der Waals surface area contributed by atoms with Crippen LogP contribution in [0.2, 0.25) is 0 Å². The third-order valence-electron chi connectivity index (χ3n) is 1.73. The first-order valence-corrected chi connectivity index (χ1v) is 3.74. The molecule has 1 aromatic rings. The van der Waals surface area contributed by atoms with Crippen LogP contribution in [0.25, 0.3) is 0 Å². The molecule has 1 N–H and O–H groups in total. The molecular formula is C8H3F7O. The molecule has 0 aliphatic carbocycles. The van der Waals surface area contributed by atoms with Crippen molar-refractivity contribution in [2.75, 3.05) is 0 Å². The number of benzene rings is 1. The molecule has 0 amide bonds. The first-order chi connectivity index (χ1) is 7.16. The maximum absolute atomic E-state index is 12.8. The van der Waals surface area contributed by atoms with Gasteiger partial charge in [-0.3, -0.25) is 0 Å². The highest BCUT2D eigenvalue weighted by Crippen LogP contribution is 2.36. The first-order valence-electron chi connectivity index (χ1n) is 3.74. The minimum Gasteiger partial charge on any atom is -0.379 e. The molecule has 16 heavy (non-hydrogen) atoms. The molecule has 8 heteroatoms. The van der Waals surface area contributed by atoms with Crippen LogP contribution in [-0.2, 0) is 0 Å². The zero-order chi connectivity index (χ0) is 12.7. The number of rotatable bonds is 1. The molecular weight excluding hydrogens is 245 g/mol. The number of hydrogen-bond acceptors (Lipinski definition) is 1. The van der Waals surface area contributed by atoms with Crippen LogP contribution in [0, 0.1) is 23.3 Å². The topological polar surface area (TPSA) is 20.2 Å². The molecule has 0 fully saturated rings. The highest BCUT2D eigenvalue weighted by Gasteiger charge is 2.43. The van der Waals surface area contributed by atoms with Gasteiger partial charge in [0.1, 0.15) is 0 Å². The molecule has 1 rings (SSSR count). The summed E-state index contributed by atoms with van der Waals surface area (Å²) in [5, 5.41) is 8.53. The Morgan fingerprint density at radius 1 is 0.938 bits per heavy atom. The highest BCUT2D eigenvalue weighted by atomic mass is 19.4. The average Bonchev–Trinajstić information content (AvgIpc) is 2.13. The quantitative estimate of drug-likeness (QED) is 0.598. The minimum atomic E-state index is -5.43. The lowest BCUT2D eigenvalue weighted by Gasteiger charge is -2.16. The van der Waals surface area contributed by atoms with Crippen LogP contribution in [0.1, 0.15) is 11.7 Å². The fraction of sp³-hybridized carbons (Fsp3) is 0.250. The molecule has 0 bridgehead atoms. The van der Waals surface area contributed by atoms with Crippen LogP contribution < -0.4 is 0 Å². The first kappa shape index (κ1) is 12.8. The van der Waals surface area contributed by atoms with Gasteiger partial charge >= 0.3 is 6.18 Å². The van der Waals surface area contributed by atoms with Gasteiger partial charge in [0.25, 0.3) is 0 Å². The maximum atomic E-state index is 12.8. The highest BCUT2D eigenvalue weighted by molar-refractivity contribution is 5.25. The van der Waals surface area contributed by atoms with Crippen LogP contribution in [0.5, 0.6) is 0 Å². The van der Waals surface area contributed by atoms with Gasteiger partial charge in [-0.1, -0.05) is 0 Å². The fourth-order valence-corrected chi connectivity index (χ4v) is 0.995. The fourth-order valence-electron chi connectivity index (χ4n) is 0.995. The van der Waals surface area contributed by atoms with Crippen LogP contribution in [0.3, 0.4) is 0 Å². The molecule has 0 radical (unpaired) electrons. The van der Waals surface area contributed by atoms with E-state index in [1.54, 1.807) is 0 Å². The smallest absolute Gasteiger partial charge is 0.379 e. The van der Waals surface area contributed by atoms with Gasteiger partial charge in [-0.15, -0.1) is 0 Å². The Morgan fingerprint density at radius 2 is 1.31 bits per heavy atom. The molecule has 0 saturated carbocycles. The van der Waals surface area contributed by atoms with Crippen LogP contribution in [0.4, 0.5) is 30.7 Å². The maximum Gasteiger partial charge on any atom is 0.418 e. The van der Waals surface area contributed by atoms with E-state index in [0.717, 1.165) is 0 Å². The van der Waals surface area contributed by atoms with Crippen molar-refractivity contribution in [3.05, 3.63) is 34.9 Å². The lowest BCUT2D eigenvalue weighted by Crippen LogP contribution is -2.23. The summed E-state index contributed by atoms with van der Waals surface area (Å²) in [4.78, 5) is 0. The van der Waals surface area contributed by atoms with Crippen molar-refractivity contribution in [1.82, 2.24) is 0 Å². The van der Waals surface area contributed by atoms with Crippen molar-refractivity contribution in [1.29, 1.82) is 0 Å². The van der Waals surface area contributed by atoms with Crippen molar-refractivity contribution < 1.29 is 35.8 Å². The Morgan fingerprint density at radius 3 is 1.62 bits per heavy atom. The third kappa shape index (κ3) is 2.11. The summed E-state index contributed by atoms with van der Waals surface area (Å²) in [6, 6.07) is -0.253. The number of halogens is 7. The Balaban J connectivity index is 3.44. The predicted molar refractivity (Wildman–Crippen MR) is 37.3 cm³/mol. The number of aliphatic hydroxyl groups excluding tert-OH is 1. The number of aliphatic hydroxyl groups is 1. The normalized spacial score (nSPS) is 14.0. The SMILES string of the molecule is O[C@H](c1c(F)c(F)cc(F)c1F)C(F)(F)F. The molecule has 1 atom stereocenters. The lowest BCUT2D eigenvalue weighted by atomic mass is 10.1. The molecule has 0 spiro atoms. The van der Waals surface area contributed by atoms with Gasteiger partial charge in [-0.05, 0) is 0 Å². The molecule has 0 unspecified atom stereocenters. The van der Waals surface area contributed by atoms with E-state index in [1.165, 1.54) is 0 Å². The van der Waals surface area contributed by atoms with E-state index in [2.05, 4.69) is 0 Å². The zero-order valence-corrected chi connectivity index (χ0v) is 7.25. The molecule has 0 saturated heterocycles. The summed E-state index contributed by atoms with van der Waals surface area (Å²) < 4.78 is 86.4. The molecule has 0 heterocycles. The van der Waals surface area contributed by atoms with Crippen molar-refractivity contribution >= 4 is 0 Å². The average molecular weight is 248 g/mol. The van der Waals surface area contributed by atoms with E-state index in [-0.39, 0.29) is 6.07 Å². The summed E-state index contributed by atoms with van der Waals surface area (Å²) in [6.45, 7) is 0. The van der Waals surface area contributed by atoms with Gasteiger partial charge in [0.05, 0.1) is 5.56 Å². The Bertz CT molecular complexity index is 386. The third-order valence-corrected chi connectivity index (χ3v) is 1.73. The van der Waals surface area contributed by atoms with Gasteiger partial charge in [0.2, 0.25) is 0 Å². The van der Waals surface area contributed by atoms with Gasteiger partial charge in [0.15, 0.2) is 29.4 Å². The summed E-state index contributed by atoms with van der Waals surface area (Å²) in [5.74, 6) is -8.58. The summed E-state index contributed by atoms with van der Waals surface area (Å²) in [6.07, 6.45) is -9.06. The molecule has 0 aliphatic rings. The van der Waals surface area contributed by atoms with Crippen LogP contribution in [-0.4, -0.2) is 11.3 Å². The Labute approximate surface area is 84.1 Å². The zero-order valence-electron chi connectivity index (χ0n) is 7.25. The second kappa shape index (κ2) is 3.93. The molecule has 0 aliphatic heterocycles. The van der Waals surface area contributed by atoms with E-state index in [9.17, 15) is 30.7 Å². The van der Waals surface area contributed by atoms with Crippen molar-refractivity contribution in [3.8, 4) is 0 Å². The lowest BCUT2D eigenvalue weighted by molar-refractivity contribution is -0.208. The Kier molecular flexibility index (Phi) is 3.13. The van der Waals surface area contributed by atoms with Gasteiger partial charge in [-0.25, -0.2) is 17.6 Å². The van der Waals surface area contributed by atoms with Crippen molar-refractivity contribution in [3.63, 3.8) is 0 Å². The second-order valence-corrected chi connectivity index (χ2v) is 2.83. The molecule has 1 nitrogen and oxygen atoms in total. The van der Waals surface area contributed by atoms with E-state index in [4.69, 9.17) is 5.11 Å². The van der Waals surface area contributed by atoms with E-state index in [0.29, 0.717) is 0 Å². The van der Waals surface area contributed by atoms with Crippen LogP contribution in [0.15, 0.2) is 6.07 Å². The number of alkyl halides is 3. The van der Waals surface area contributed by atoms with Crippen molar-refractivity contribution in [2.45, 2.75) is 12.3 Å². The van der Waals surface area contributed by atoms with E-state index < -0.39 is 41.1 Å². The standard InChI is InChI=1S/C8H3F7O/c9-2-1-3(10)6(12)4(5(2)11)7(16)8(13,14)15/h1,7,16H/t7-/m1/s1. The van der Waals surface area contributed by atoms with E-state index >= 15 is 0 Å². The second-order valence-electron chi connectivity index (χ2n) is 2.83.